The van der Waals surface area contributed by atoms with Crippen molar-refractivity contribution < 1.29 is 9.57 Å². The fourth-order valence-electron chi connectivity index (χ4n) is 3.52. The minimum Gasteiger partial charge on any atom is -0.457 e. The summed E-state index contributed by atoms with van der Waals surface area (Å²) >= 11 is 5.89. The monoisotopic (exact) mass is 383 g/mol. The molecule has 1 fully saturated rings. The number of oxime groups is 1. The number of halogens is 1. The molecule has 3 nitrogen and oxygen atoms in total. The topological polar surface area (TPSA) is 30.8 Å². The molecule has 4 rings (SSSR count). The van der Waals surface area contributed by atoms with Crippen LogP contribution in [0.5, 0.6) is 11.5 Å². The third-order valence-corrected chi connectivity index (χ3v) is 5.24. The lowest BCUT2D eigenvalue weighted by molar-refractivity contribution is -0.0216. The Bertz CT molecular complexity index is 803. The van der Waals surface area contributed by atoms with Crippen LogP contribution in [0, 0.1) is 0 Å². The Morgan fingerprint density at radius 3 is 2.07 bits per heavy atom. The molecule has 1 saturated carbocycles. The second-order valence-corrected chi connectivity index (χ2v) is 7.08. The van der Waals surface area contributed by atoms with Crippen LogP contribution in [-0.4, -0.2) is 11.3 Å². The van der Waals surface area contributed by atoms with Gasteiger partial charge in [0.1, 0.15) is 17.2 Å². The predicted octanol–water partition coefficient (Wildman–Crippen LogP) is 7.15. The van der Waals surface area contributed by atoms with Gasteiger partial charge in [-0.25, -0.2) is 0 Å². The van der Waals surface area contributed by atoms with E-state index in [1.54, 1.807) is 0 Å². The standard InChI is InChI=1S/C21H20ClNO2.C2H6/c1-15-20(23-25-21(15)13-3-2-4-14-21)16-5-9-18(10-6-16)24-19-11-7-17(22)8-12-19;1-2/h5-12H,1-4,13-14H2;1-2H3. The maximum Gasteiger partial charge on any atom is 0.164 e. The SMILES string of the molecule is C=C1C(c2ccc(Oc3ccc(Cl)cc3)cc2)=NOC12CCCCC2.CC. The molecule has 0 atom stereocenters. The van der Waals surface area contributed by atoms with Gasteiger partial charge in [0.15, 0.2) is 5.60 Å². The average molecular weight is 384 g/mol. The third kappa shape index (κ3) is 4.19. The van der Waals surface area contributed by atoms with Crippen LogP contribution in [0.2, 0.25) is 5.02 Å². The number of hydrogen-bond acceptors (Lipinski definition) is 3. The van der Waals surface area contributed by atoms with Crippen molar-refractivity contribution in [3.63, 3.8) is 0 Å². The van der Waals surface area contributed by atoms with Gasteiger partial charge in [0.05, 0.1) is 0 Å². The second-order valence-electron chi connectivity index (χ2n) is 6.65. The molecular formula is C23H26ClNO2. The Kier molecular flexibility index (Phi) is 6.22. The molecular weight excluding hydrogens is 358 g/mol. The first-order chi connectivity index (χ1) is 13.2. The summed E-state index contributed by atoms with van der Waals surface area (Å²) in [7, 11) is 0. The molecule has 1 heterocycles. The van der Waals surface area contributed by atoms with Crippen LogP contribution < -0.4 is 4.74 Å². The predicted molar refractivity (Wildman–Crippen MR) is 112 cm³/mol. The van der Waals surface area contributed by atoms with Crippen molar-refractivity contribution in [1.29, 1.82) is 0 Å². The number of ether oxygens (including phenoxy) is 1. The minimum absolute atomic E-state index is 0.272. The van der Waals surface area contributed by atoms with E-state index in [9.17, 15) is 0 Å². The highest BCUT2D eigenvalue weighted by Gasteiger charge is 2.44. The van der Waals surface area contributed by atoms with Crippen molar-refractivity contribution in [2.45, 2.75) is 51.6 Å². The van der Waals surface area contributed by atoms with E-state index >= 15 is 0 Å². The molecule has 2 aliphatic rings. The normalized spacial score (nSPS) is 17.6. The lowest BCUT2D eigenvalue weighted by atomic mass is 9.78. The molecule has 1 spiro atoms. The molecule has 142 valence electrons. The Balaban J connectivity index is 0.00000102. The van der Waals surface area contributed by atoms with E-state index in [-0.39, 0.29) is 5.60 Å². The van der Waals surface area contributed by atoms with Crippen molar-refractivity contribution in [3.05, 3.63) is 71.3 Å². The van der Waals surface area contributed by atoms with E-state index in [1.807, 2.05) is 62.4 Å². The Labute approximate surface area is 166 Å². The molecule has 0 saturated heterocycles. The summed E-state index contributed by atoms with van der Waals surface area (Å²) in [5.41, 5.74) is 2.61. The number of benzene rings is 2. The van der Waals surface area contributed by atoms with Crippen LogP contribution in [0.4, 0.5) is 0 Å². The first kappa shape index (κ1) is 19.5. The van der Waals surface area contributed by atoms with Gasteiger partial charge in [-0.3, -0.25) is 0 Å². The zero-order chi connectivity index (χ0) is 19.3. The maximum atomic E-state index is 5.89. The summed E-state index contributed by atoms with van der Waals surface area (Å²) in [5.74, 6) is 1.52. The third-order valence-electron chi connectivity index (χ3n) is 4.99. The highest BCUT2D eigenvalue weighted by molar-refractivity contribution is 6.30. The molecule has 4 heteroatoms. The van der Waals surface area contributed by atoms with Gasteiger partial charge in [0.2, 0.25) is 0 Å². The van der Waals surface area contributed by atoms with E-state index in [2.05, 4.69) is 11.7 Å². The fraction of sp³-hybridized carbons (Fsp3) is 0.348. The average Bonchev–Trinajstić information content (AvgIpc) is 3.02. The number of nitrogens with zero attached hydrogens (tertiary/aromatic N) is 1. The van der Waals surface area contributed by atoms with E-state index in [1.165, 1.54) is 19.3 Å². The Morgan fingerprint density at radius 1 is 0.926 bits per heavy atom. The van der Waals surface area contributed by atoms with Gasteiger partial charge in [-0.1, -0.05) is 43.6 Å². The zero-order valence-electron chi connectivity index (χ0n) is 16.0. The van der Waals surface area contributed by atoms with Crippen LogP contribution in [0.25, 0.3) is 0 Å². The van der Waals surface area contributed by atoms with Gasteiger partial charge >= 0.3 is 0 Å². The lowest BCUT2D eigenvalue weighted by Gasteiger charge is -2.31. The highest BCUT2D eigenvalue weighted by Crippen LogP contribution is 2.42. The Morgan fingerprint density at radius 2 is 1.48 bits per heavy atom. The van der Waals surface area contributed by atoms with E-state index in [0.717, 1.165) is 41.2 Å². The van der Waals surface area contributed by atoms with Gasteiger partial charge in [-0.15, -0.1) is 0 Å². The van der Waals surface area contributed by atoms with Gasteiger partial charge in [0.25, 0.3) is 0 Å². The van der Waals surface area contributed by atoms with Crippen molar-refractivity contribution in [2.24, 2.45) is 5.16 Å². The fourth-order valence-corrected chi connectivity index (χ4v) is 3.65. The molecule has 2 aromatic carbocycles. The summed E-state index contributed by atoms with van der Waals surface area (Å²) in [5, 5.41) is 5.04. The van der Waals surface area contributed by atoms with Gasteiger partial charge in [-0.05, 0) is 74.2 Å². The zero-order valence-corrected chi connectivity index (χ0v) is 16.8. The first-order valence-electron chi connectivity index (χ1n) is 9.66. The molecule has 0 radical (unpaired) electrons. The van der Waals surface area contributed by atoms with E-state index < -0.39 is 0 Å². The quantitative estimate of drug-likeness (QED) is 0.563. The smallest absolute Gasteiger partial charge is 0.164 e. The number of rotatable bonds is 3. The molecule has 0 aromatic heterocycles. The molecule has 2 aromatic rings. The summed E-state index contributed by atoms with van der Waals surface area (Å²) in [6, 6.07) is 15.2. The van der Waals surface area contributed by atoms with Crippen LogP contribution in [0.1, 0.15) is 51.5 Å². The molecule has 0 amide bonds. The van der Waals surface area contributed by atoms with Crippen LogP contribution in [0.3, 0.4) is 0 Å². The lowest BCUT2D eigenvalue weighted by Crippen LogP contribution is -2.33. The minimum atomic E-state index is -0.272. The maximum absolute atomic E-state index is 5.89. The van der Waals surface area contributed by atoms with E-state index in [0.29, 0.717) is 5.02 Å². The molecule has 27 heavy (non-hydrogen) atoms. The van der Waals surface area contributed by atoms with Gasteiger partial charge in [0, 0.05) is 16.2 Å². The van der Waals surface area contributed by atoms with E-state index in [4.69, 9.17) is 21.2 Å². The van der Waals surface area contributed by atoms with Crippen molar-refractivity contribution in [2.75, 3.05) is 0 Å². The Hall–Kier alpha value is -2.26. The number of hydrogen-bond donors (Lipinski definition) is 0. The first-order valence-corrected chi connectivity index (χ1v) is 10.0. The van der Waals surface area contributed by atoms with Crippen LogP contribution in [-0.2, 0) is 4.84 Å². The summed E-state index contributed by atoms with van der Waals surface area (Å²) in [6.07, 6.45) is 5.64. The van der Waals surface area contributed by atoms with Crippen LogP contribution >= 0.6 is 11.6 Å². The van der Waals surface area contributed by atoms with Gasteiger partial charge < -0.3 is 9.57 Å². The molecule has 0 N–H and O–H groups in total. The van der Waals surface area contributed by atoms with Crippen LogP contribution in [0.15, 0.2) is 65.8 Å². The summed E-state index contributed by atoms with van der Waals surface area (Å²) in [6.45, 7) is 8.29. The summed E-state index contributed by atoms with van der Waals surface area (Å²) < 4.78 is 5.84. The largest absolute Gasteiger partial charge is 0.457 e. The second kappa shape index (κ2) is 8.62. The van der Waals surface area contributed by atoms with Crippen molar-refractivity contribution in [1.82, 2.24) is 0 Å². The van der Waals surface area contributed by atoms with Crippen molar-refractivity contribution >= 4 is 17.3 Å². The highest BCUT2D eigenvalue weighted by atomic mass is 35.5. The molecule has 0 unspecified atom stereocenters. The summed E-state index contributed by atoms with van der Waals surface area (Å²) in [4.78, 5) is 5.84. The molecule has 1 aliphatic carbocycles. The molecule has 0 bridgehead atoms. The van der Waals surface area contributed by atoms with Gasteiger partial charge in [-0.2, -0.15) is 0 Å². The van der Waals surface area contributed by atoms with Crippen molar-refractivity contribution in [3.8, 4) is 11.5 Å². The molecule has 1 aliphatic heterocycles.